The van der Waals surface area contributed by atoms with Gasteiger partial charge in [-0.15, -0.1) is 0 Å². The molecule has 3 aromatic heterocycles. The van der Waals surface area contributed by atoms with E-state index in [1.54, 1.807) is 23.1 Å². The molecule has 1 fully saturated rings. The number of halogens is 3. The summed E-state index contributed by atoms with van der Waals surface area (Å²) in [5, 5.41) is 12.8. The van der Waals surface area contributed by atoms with E-state index in [9.17, 15) is 0 Å². The van der Waals surface area contributed by atoms with Gasteiger partial charge >= 0.3 is 0 Å². The fraction of sp³-hybridized carbons (Fsp3) is 0.290. The van der Waals surface area contributed by atoms with E-state index in [0.717, 1.165) is 36.9 Å². The van der Waals surface area contributed by atoms with Gasteiger partial charge in [0.15, 0.2) is 5.82 Å². The Morgan fingerprint density at radius 1 is 1.07 bits per heavy atom. The maximum absolute atomic E-state index is 15.1. The number of para-hydroxylation sites is 1. The second kappa shape index (κ2) is 13.0. The summed E-state index contributed by atoms with van der Waals surface area (Å²) in [4.78, 5) is 13.7. The Morgan fingerprint density at radius 2 is 1.86 bits per heavy atom. The molecule has 9 nitrogen and oxygen atoms in total. The molecular formula is C31H30ClF2N7O2. The SMILES string of the molecule is COCCOc1cc(F)c(Cn2nc(-c3ncc(C4CCNCC4)c(Nc4ccncc4Cl)n3)c3ccccc32)c(F)c1. The van der Waals surface area contributed by atoms with Gasteiger partial charge in [0.25, 0.3) is 0 Å². The highest BCUT2D eigenvalue weighted by molar-refractivity contribution is 6.33. The van der Waals surface area contributed by atoms with Crippen LogP contribution in [-0.4, -0.2) is 58.1 Å². The number of benzene rings is 2. The molecule has 0 bridgehead atoms. The molecule has 1 aliphatic heterocycles. The van der Waals surface area contributed by atoms with Crippen molar-refractivity contribution in [3.63, 3.8) is 0 Å². The number of fused-ring (bicyclic) bond motifs is 1. The minimum atomic E-state index is -0.725. The maximum Gasteiger partial charge on any atom is 0.182 e. The molecular weight excluding hydrogens is 576 g/mol. The van der Waals surface area contributed by atoms with Gasteiger partial charge < -0.3 is 20.1 Å². The second-order valence-corrected chi connectivity index (χ2v) is 10.6. The van der Waals surface area contributed by atoms with Crippen molar-refractivity contribution in [2.24, 2.45) is 0 Å². The number of methoxy groups -OCH3 is 1. The van der Waals surface area contributed by atoms with Crippen molar-refractivity contribution in [2.75, 3.05) is 38.7 Å². The zero-order chi connectivity index (χ0) is 29.8. The number of rotatable bonds is 10. The monoisotopic (exact) mass is 605 g/mol. The highest BCUT2D eigenvalue weighted by Crippen LogP contribution is 2.35. The Kier molecular flexibility index (Phi) is 8.73. The van der Waals surface area contributed by atoms with Gasteiger partial charge in [0.1, 0.15) is 35.5 Å². The smallest absolute Gasteiger partial charge is 0.182 e. The van der Waals surface area contributed by atoms with E-state index < -0.39 is 11.6 Å². The lowest BCUT2D eigenvalue weighted by Crippen LogP contribution is -2.27. The highest BCUT2D eigenvalue weighted by atomic mass is 35.5. The lowest BCUT2D eigenvalue weighted by atomic mass is 9.91. The quantitative estimate of drug-likeness (QED) is 0.184. The van der Waals surface area contributed by atoms with Crippen LogP contribution >= 0.6 is 11.6 Å². The number of nitrogens with zero attached hydrogens (tertiary/aromatic N) is 5. The van der Waals surface area contributed by atoms with Crippen molar-refractivity contribution in [3.8, 4) is 17.3 Å². The van der Waals surface area contributed by atoms with Crippen molar-refractivity contribution in [1.82, 2.24) is 30.0 Å². The third kappa shape index (κ3) is 6.29. The largest absolute Gasteiger partial charge is 0.491 e. The first-order chi connectivity index (χ1) is 21.0. The lowest BCUT2D eigenvalue weighted by Gasteiger charge is -2.25. The first-order valence-corrected chi connectivity index (χ1v) is 14.4. The number of hydrogen-bond acceptors (Lipinski definition) is 8. The van der Waals surface area contributed by atoms with Crippen molar-refractivity contribution >= 4 is 34.0 Å². The summed E-state index contributed by atoms with van der Waals surface area (Å²) in [6, 6.07) is 11.6. The molecule has 1 aliphatic rings. The topological polar surface area (TPSA) is 99.0 Å². The number of pyridine rings is 1. The molecule has 1 saturated heterocycles. The molecule has 0 amide bonds. The zero-order valence-corrected chi connectivity index (χ0v) is 24.2. The minimum Gasteiger partial charge on any atom is -0.491 e. The standard InChI is InChI=1S/C31H30ClF2N7O2/c1-42-12-13-43-20-14-25(33)23(26(34)15-20)18-41-28-5-3-2-4-21(28)29(40-41)31-37-16-22(19-6-9-35-10-7-19)30(39-31)38-27-8-11-36-17-24(27)32/h2-5,8,11,14-17,19,35H,6-7,9-10,12-13,18H2,1H3,(H,36,37,38,39). The molecule has 12 heteroatoms. The fourth-order valence-corrected chi connectivity index (χ4v) is 5.43. The molecule has 5 aromatic rings. The van der Waals surface area contributed by atoms with Crippen molar-refractivity contribution in [2.45, 2.75) is 25.3 Å². The molecule has 222 valence electrons. The first-order valence-electron chi connectivity index (χ1n) is 14.0. The molecule has 0 unspecified atom stereocenters. The molecule has 0 radical (unpaired) electrons. The Balaban J connectivity index is 1.38. The predicted molar refractivity (Wildman–Crippen MR) is 161 cm³/mol. The Labute approximate surface area is 252 Å². The molecule has 43 heavy (non-hydrogen) atoms. The predicted octanol–water partition coefficient (Wildman–Crippen LogP) is 6.10. The van der Waals surface area contributed by atoms with Crippen LogP contribution in [0, 0.1) is 11.6 Å². The van der Waals surface area contributed by atoms with E-state index in [-0.39, 0.29) is 30.4 Å². The highest BCUT2D eigenvalue weighted by Gasteiger charge is 2.24. The van der Waals surface area contributed by atoms with E-state index in [0.29, 0.717) is 40.2 Å². The summed E-state index contributed by atoms with van der Waals surface area (Å²) in [5.74, 6) is -0.0832. The second-order valence-electron chi connectivity index (χ2n) is 10.2. The summed E-state index contributed by atoms with van der Waals surface area (Å²) in [5.41, 5.74) is 2.72. The van der Waals surface area contributed by atoms with Crippen LogP contribution in [0.25, 0.3) is 22.4 Å². The van der Waals surface area contributed by atoms with Gasteiger partial charge in [-0.1, -0.05) is 29.8 Å². The van der Waals surface area contributed by atoms with Crippen LogP contribution in [0.4, 0.5) is 20.3 Å². The van der Waals surface area contributed by atoms with Gasteiger partial charge in [-0.2, -0.15) is 5.10 Å². The molecule has 0 saturated carbocycles. The third-order valence-electron chi connectivity index (χ3n) is 7.47. The van der Waals surface area contributed by atoms with Gasteiger partial charge in [0, 0.05) is 54.3 Å². The van der Waals surface area contributed by atoms with Crippen LogP contribution in [0.15, 0.2) is 61.1 Å². The van der Waals surface area contributed by atoms with Gasteiger partial charge in [0.2, 0.25) is 0 Å². The molecule has 0 atom stereocenters. The average molecular weight is 606 g/mol. The van der Waals surface area contributed by atoms with Crippen LogP contribution in [0.3, 0.4) is 0 Å². The average Bonchev–Trinajstić information content (AvgIpc) is 3.39. The Bertz CT molecular complexity index is 1720. The molecule has 0 aliphatic carbocycles. The van der Waals surface area contributed by atoms with Gasteiger partial charge in [-0.05, 0) is 44.0 Å². The van der Waals surface area contributed by atoms with E-state index >= 15 is 8.78 Å². The summed E-state index contributed by atoms with van der Waals surface area (Å²) in [6.45, 7) is 2.17. The van der Waals surface area contributed by atoms with Gasteiger partial charge in [-0.3, -0.25) is 9.67 Å². The maximum atomic E-state index is 15.1. The number of hydrogen-bond donors (Lipinski definition) is 2. The van der Waals surface area contributed by atoms with Crippen LogP contribution in [-0.2, 0) is 11.3 Å². The molecule has 6 rings (SSSR count). The van der Waals surface area contributed by atoms with Crippen molar-refractivity contribution < 1.29 is 18.3 Å². The summed E-state index contributed by atoms with van der Waals surface area (Å²) in [6.07, 6.45) is 6.97. The van der Waals surface area contributed by atoms with E-state index in [1.165, 1.54) is 19.2 Å². The Hall–Kier alpha value is -4.19. The third-order valence-corrected chi connectivity index (χ3v) is 7.77. The zero-order valence-electron chi connectivity index (χ0n) is 23.5. The number of piperidine rings is 1. The molecule has 2 aromatic carbocycles. The van der Waals surface area contributed by atoms with Crippen LogP contribution in [0.5, 0.6) is 5.75 Å². The fourth-order valence-electron chi connectivity index (χ4n) is 5.26. The van der Waals surface area contributed by atoms with E-state index in [1.807, 2.05) is 30.5 Å². The number of nitrogens with one attached hydrogen (secondary N) is 2. The molecule has 4 heterocycles. The summed E-state index contributed by atoms with van der Waals surface area (Å²) >= 11 is 6.43. The summed E-state index contributed by atoms with van der Waals surface area (Å²) < 4.78 is 42.1. The minimum absolute atomic E-state index is 0.0957. The number of aromatic nitrogens is 5. The lowest BCUT2D eigenvalue weighted by molar-refractivity contribution is 0.146. The molecule has 2 N–H and O–H groups in total. The van der Waals surface area contributed by atoms with Crippen LogP contribution < -0.4 is 15.4 Å². The molecule has 0 spiro atoms. The van der Waals surface area contributed by atoms with Crippen molar-refractivity contribution in [3.05, 3.63) is 88.8 Å². The van der Waals surface area contributed by atoms with Crippen molar-refractivity contribution in [1.29, 1.82) is 0 Å². The van der Waals surface area contributed by atoms with Gasteiger partial charge in [0.05, 0.1) is 29.4 Å². The van der Waals surface area contributed by atoms with Crippen LogP contribution in [0.1, 0.15) is 29.9 Å². The number of ether oxygens (including phenoxy) is 2. The van der Waals surface area contributed by atoms with Crippen LogP contribution in [0.2, 0.25) is 5.02 Å². The number of anilines is 2. The normalized spacial score (nSPS) is 13.9. The first kappa shape index (κ1) is 28.9. The Morgan fingerprint density at radius 3 is 2.63 bits per heavy atom. The van der Waals surface area contributed by atoms with E-state index in [4.69, 9.17) is 36.1 Å². The van der Waals surface area contributed by atoms with Gasteiger partial charge in [-0.25, -0.2) is 18.7 Å². The summed E-state index contributed by atoms with van der Waals surface area (Å²) in [7, 11) is 1.53. The van der Waals surface area contributed by atoms with E-state index in [2.05, 4.69) is 15.6 Å².